The summed E-state index contributed by atoms with van der Waals surface area (Å²) in [4.78, 5) is 21.4. The number of nitrogens with one attached hydrogen (secondary N) is 1. The maximum atomic E-state index is 12.6. The maximum absolute atomic E-state index is 12.6. The Labute approximate surface area is 170 Å². The number of aryl methyl sites for hydroxylation is 1. The zero-order valence-corrected chi connectivity index (χ0v) is 17.1. The van der Waals surface area contributed by atoms with Crippen LogP contribution in [0.1, 0.15) is 49.9 Å². The molecule has 3 aromatic rings. The fourth-order valence-corrected chi connectivity index (χ4v) is 4.16. The van der Waals surface area contributed by atoms with E-state index < -0.39 is 5.60 Å². The quantitative estimate of drug-likeness (QED) is 0.711. The number of aromatic nitrogens is 4. The second-order valence-electron chi connectivity index (χ2n) is 8.46. The lowest BCUT2D eigenvalue weighted by Gasteiger charge is -2.36. The van der Waals surface area contributed by atoms with Crippen molar-refractivity contribution >= 4 is 16.8 Å². The highest BCUT2D eigenvalue weighted by molar-refractivity contribution is 5.94. The van der Waals surface area contributed by atoms with E-state index in [1.165, 1.54) is 0 Å². The predicted molar refractivity (Wildman–Crippen MR) is 111 cm³/mol. The van der Waals surface area contributed by atoms with Gasteiger partial charge in [0, 0.05) is 30.9 Å². The van der Waals surface area contributed by atoms with E-state index in [0.29, 0.717) is 17.1 Å². The Morgan fingerprint density at radius 1 is 1.14 bits per heavy atom. The summed E-state index contributed by atoms with van der Waals surface area (Å²) in [6.07, 6.45) is 6.69. The number of nitrogens with zero attached hydrogens (tertiary/aromatic N) is 4. The van der Waals surface area contributed by atoms with Gasteiger partial charge in [-0.05, 0) is 51.5 Å². The standard InChI is InChI=1S/C22H27N5O2/c1-22(2,29)15-8-10-16(11-9-15)25-21(28)14-12-23-20(24-13-14)19-17-6-4-5-7-18(17)27(3)26-19/h4-7,12-13,15-16,29H,8-11H2,1-3H3,(H,25,28). The van der Waals surface area contributed by atoms with Gasteiger partial charge in [0.25, 0.3) is 5.91 Å². The third-order valence-electron chi connectivity index (χ3n) is 5.95. The second kappa shape index (κ2) is 7.55. The lowest BCUT2D eigenvalue weighted by atomic mass is 9.77. The molecule has 1 amide bonds. The van der Waals surface area contributed by atoms with Gasteiger partial charge in [0.15, 0.2) is 5.82 Å². The second-order valence-corrected chi connectivity index (χ2v) is 8.46. The van der Waals surface area contributed by atoms with Gasteiger partial charge < -0.3 is 10.4 Å². The molecule has 7 nitrogen and oxygen atoms in total. The van der Waals surface area contributed by atoms with Crippen LogP contribution in [0.5, 0.6) is 0 Å². The van der Waals surface area contributed by atoms with Crippen molar-refractivity contribution in [1.82, 2.24) is 25.1 Å². The average molecular weight is 393 g/mol. The fourth-order valence-electron chi connectivity index (χ4n) is 4.16. The Bertz CT molecular complexity index is 1010. The van der Waals surface area contributed by atoms with Crippen LogP contribution in [0, 0.1) is 5.92 Å². The molecule has 152 valence electrons. The molecular weight excluding hydrogens is 366 g/mol. The minimum Gasteiger partial charge on any atom is -0.390 e. The van der Waals surface area contributed by atoms with E-state index in [9.17, 15) is 9.90 Å². The summed E-state index contributed by atoms with van der Waals surface area (Å²) < 4.78 is 1.80. The Balaban J connectivity index is 1.44. The normalized spacial score (nSPS) is 20.0. The van der Waals surface area contributed by atoms with Crippen molar-refractivity contribution in [2.45, 2.75) is 51.2 Å². The third kappa shape index (κ3) is 4.00. The number of hydrogen-bond acceptors (Lipinski definition) is 5. The Kier molecular flexibility index (Phi) is 5.08. The van der Waals surface area contributed by atoms with Crippen molar-refractivity contribution in [2.75, 3.05) is 0 Å². The molecular formula is C22H27N5O2. The summed E-state index contributed by atoms with van der Waals surface area (Å²) in [6.45, 7) is 3.72. The molecule has 0 saturated heterocycles. The number of amides is 1. The molecule has 2 heterocycles. The molecule has 7 heteroatoms. The fraction of sp³-hybridized carbons (Fsp3) is 0.455. The molecule has 1 saturated carbocycles. The van der Waals surface area contributed by atoms with E-state index in [-0.39, 0.29) is 17.9 Å². The lowest BCUT2D eigenvalue weighted by molar-refractivity contribution is -0.00257. The van der Waals surface area contributed by atoms with Gasteiger partial charge in [0.1, 0.15) is 5.69 Å². The largest absolute Gasteiger partial charge is 0.390 e. The predicted octanol–water partition coefficient (Wildman–Crippen LogP) is 3.09. The molecule has 1 fully saturated rings. The summed E-state index contributed by atoms with van der Waals surface area (Å²) in [5.41, 5.74) is 1.50. The van der Waals surface area contributed by atoms with Crippen LogP contribution < -0.4 is 5.32 Å². The monoisotopic (exact) mass is 393 g/mol. The van der Waals surface area contributed by atoms with Crippen LogP contribution >= 0.6 is 0 Å². The van der Waals surface area contributed by atoms with E-state index >= 15 is 0 Å². The van der Waals surface area contributed by atoms with E-state index in [1.54, 1.807) is 17.1 Å². The van der Waals surface area contributed by atoms with Gasteiger partial charge in [-0.15, -0.1) is 0 Å². The van der Waals surface area contributed by atoms with Crippen molar-refractivity contribution < 1.29 is 9.90 Å². The Morgan fingerprint density at radius 3 is 2.45 bits per heavy atom. The molecule has 0 atom stereocenters. The molecule has 4 rings (SSSR count). The third-order valence-corrected chi connectivity index (χ3v) is 5.95. The Morgan fingerprint density at radius 2 is 1.79 bits per heavy atom. The summed E-state index contributed by atoms with van der Waals surface area (Å²) in [7, 11) is 1.89. The first-order valence-corrected chi connectivity index (χ1v) is 10.1. The zero-order chi connectivity index (χ0) is 20.6. The number of fused-ring (bicyclic) bond motifs is 1. The SMILES string of the molecule is Cn1nc(-c2ncc(C(=O)NC3CCC(C(C)(C)O)CC3)cn2)c2ccccc21. The number of benzene rings is 1. The molecule has 0 unspecified atom stereocenters. The van der Waals surface area contributed by atoms with E-state index in [2.05, 4.69) is 20.4 Å². The van der Waals surface area contributed by atoms with Crippen molar-refractivity contribution in [2.24, 2.45) is 13.0 Å². The number of rotatable bonds is 4. The van der Waals surface area contributed by atoms with Gasteiger partial charge in [-0.3, -0.25) is 9.48 Å². The first kappa shape index (κ1) is 19.5. The number of aliphatic hydroxyl groups is 1. The average Bonchev–Trinajstić information content (AvgIpc) is 3.05. The van der Waals surface area contributed by atoms with Gasteiger partial charge in [-0.2, -0.15) is 5.10 Å². The van der Waals surface area contributed by atoms with Gasteiger partial charge >= 0.3 is 0 Å². The molecule has 1 aromatic carbocycles. The maximum Gasteiger partial charge on any atom is 0.254 e. The van der Waals surface area contributed by atoms with Crippen molar-refractivity contribution in [1.29, 1.82) is 0 Å². The Hall–Kier alpha value is -2.80. The summed E-state index contributed by atoms with van der Waals surface area (Å²) >= 11 is 0. The summed E-state index contributed by atoms with van der Waals surface area (Å²) in [6, 6.07) is 8.05. The molecule has 0 radical (unpaired) electrons. The molecule has 29 heavy (non-hydrogen) atoms. The first-order chi connectivity index (χ1) is 13.8. The van der Waals surface area contributed by atoms with Gasteiger partial charge in [-0.25, -0.2) is 9.97 Å². The molecule has 2 aromatic heterocycles. The number of hydrogen-bond donors (Lipinski definition) is 2. The molecule has 1 aliphatic carbocycles. The van der Waals surface area contributed by atoms with Gasteiger partial charge in [-0.1, -0.05) is 18.2 Å². The van der Waals surface area contributed by atoms with Crippen molar-refractivity contribution in [3.05, 3.63) is 42.2 Å². The van der Waals surface area contributed by atoms with Crippen LogP contribution in [0.15, 0.2) is 36.7 Å². The van der Waals surface area contributed by atoms with Crippen molar-refractivity contribution in [3.8, 4) is 11.5 Å². The van der Waals surface area contributed by atoms with Gasteiger partial charge in [0.05, 0.1) is 16.7 Å². The molecule has 0 bridgehead atoms. The molecule has 1 aliphatic rings. The number of para-hydroxylation sites is 1. The van der Waals surface area contributed by atoms with E-state index in [4.69, 9.17) is 0 Å². The van der Waals surface area contributed by atoms with E-state index in [1.807, 2.05) is 45.2 Å². The van der Waals surface area contributed by atoms with Crippen molar-refractivity contribution in [3.63, 3.8) is 0 Å². The van der Waals surface area contributed by atoms with Gasteiger partial charge in [0.2, 0.25) is 0 Å². The van der Waals surface area contributed by atoms with Crippen LogP contribution in [0.4, 0.5) is 0 Å². The summed E-state index contributed by atoms with van der Waals surface area (Å²) in [5.74, 6) is 0.629. The smallest absolute Gasteiger partial charge is 0.254 e. The highest BCUT2D eigenvalue weighted by atomic mass is 16.3. The number of carbonyl (C=O) groups is 1. The topological polar surface area (TPSA) is 92.9 Å². The minimum atomic E-state index is -0.658. The lowest BCUT2D eigenvalue weighted by Crippen LogP contribution is -2.41. The summed E-state index contributed by atoms with van der Waals surface area (Å²) in [5, 5.41) is 18.8. The van der Waals surface area contributed by atoms with Crippen LogP contribution in [-0.4, -0.2) is 42.4 Å². The zero-order valence-electron chi connectivity index (χ0n) is 17.1. The minimum absolute atomic E-state index is 0.125. The first-order valence-electron chi connectivity index (χ1n) is 10.1. The molecule has 2 N–H and O–H groups in total. The highest BCUT2D eigenvalue weighted by Gasteiger charge is 2.31. The number of carbonyl (C=O) groups excluding carboxylic acids is 1. The van der Waals surface area contributed by atoms with E-state index in [0.717, 1.165) is 36.6 Å². The van der Waals surface area contributed by atoms with Crippen LogP contribution in [0.25, 0.3) is 22.4 Å². The van der Waals surface area contributed by atoms with Crippen LogP contribution in [0.3, 0.4) is 0 Å². The molecule has 0 spiro atoms. The molecule has 0 aliphatic heterocycles. The highest BCUT2D eigenvalue weighted by Crippen LogP contribution is 2.32. The van der Waals surface area contributed by atoms with Crippen LogP contribution in [-0.2, 0) is 7.05 Å². The van der Waals surface area contributed by atoms with Crippen LogP contribution in [0.2, 0.25) is 0 Å².